The van der Waals surface area contributed by atoms with Crippen molar-refractivity contribution >= 4 is 40.9 Å². The van der Waals surface area contributed by atoms with Crippen molar-refractivity contribution in [1.29, 1.82) is 0 Å². The van der Waals surface area contributed by atoms with Crippen molar-refractivity contribution < 1.29 is 19.1 Å². The van der Waals surface area contributed by atoms with Crippen LogP contribution in [0.3, 0.4) is 0 Å². The number of thiocarbonyl (C=S) groups is 1. The molecule has 0 unspecified atom stereocenters. The predicted octanol–water partition coefficient (Wildman–Crippen LogP) is 1.64. The summed E-state index contributed by atoms with van der Waals surface area (Å²) in [6.45, 7) is 7.20. The van der Waals surface area contributed by atoms with Gasteiger partial charge in [0, 0.05) is 12.2 Å². The van der Waals surface area contributed by atoms with E-state index in [9.17, 15) is 14.4 Å². The third-order valence-corrected chi connectivity index (χ3v) is 3.99. The zero-order valence-corrected chi connectivity index (χ0v) is 18.6. The van der Waals surface area contributed by atoms with Gasteiger partial charge < -0.3 is 31.7 Å². The van der Waals surface area contributed by atoms with E-state index in [1.54, 1.807) is 27.7 Å². The van der Waals surface area contributed by atoms with E-state index in [1.165, 1.54) is 0 Å². The fourth-order valence-electron chi connectivity index (χ4n) is 2.34. The van der Waals surface area contributed by atoms with Gasteiger partial charge in [-0.2, -0.15) is 0 Å². The molecule has 30 heavy (non-hydrogen) atoms. The second-order valence-electron chi connectivity index (χ2n) is 7.72. The molecule has 9 nitrogen and oxygen atoms in total. The van der Waals surface area contributed by atoms with Crippen molar-refractivity contribution in [2.24, 2.45) is 5.73 Å². The highest BCUT2D eigenvalue weighted by molar-refractivity contribution is 7.80. The van der Waals surface area contributed by atoms with Gasteiger partial charge in [0.05, 0.1) is 0 Å². The zero-order valence-electron chi connectivity index (χ0n) is 17.8. The van der Waals surface area contributed by atoms with E-state index >= 15 is 0 Å². The maximum absolute atomic E-state index is 12.4. The quantitative estimate of drug-likeness (QED) is 0.293. The zero-order chi connectivity index (χ0) is 22.7. The van der Waals surface area contributed by atoms with Crippen LogP contribution in [0.2, 0.25) is 0 Å². The van der Waals surface area contributed by atoms with E-state index in [1.807, 2.05) is 30.3 Å². The third-order valence-electron chi connectivity index (χ3n) is 3.77. The molecule has 6 N–H and O–H groups in total. The van der Waals surface area contributed by atoms with E-state index in [-0.39, 0.29) is 18.1 Å². The monoisotopic (exact) mass is 437 g/mol. The standard InChI is InChI=1S/C20H31N5O4S/c1-13(23-18(30)24-14-9-6-5-7-10-14)17(27)25-15(16(21)26)11-8-12-22-19(28)29-20(2,3)4/h5-7,9-10,13,15H,8,11-12H2,1-4H3,(H2,21,26)(H,22,28)(H,25,27)(H2,23,24,30)/t13-,15-/m0/s1. The highest BCUT2D eigenvalue weighted by Crippen LogP contribution is 2.07. The second kappa shape index (κ2) is 12.0. The van der Waals surface area contributed by atoms with Gasteiger partial charge in [0.15, 0.2) is 5.11 Å². The molecule has 1 aromatic carbocycles. The Labute approximate surface area is 182 Å². The van der Waals surface area contributed by atoms with Gasteiger partial charge in [-0.3, -0.25) is 9.59 Å². The molecule has 0 fully saturated rings. The van der Waals surface area contributed by atoms with Gasteiger partial charge in [0.1, 0.15) is 17.7 Å². The van der Waals surface area contributed by atoms with Crippen LogP contribution in [0.1, 0.15) is 40.5 Å². The van der Waals surface area contributed by atoms with Crippen LogP contribution >= 0.6 is 12.2 Å². The molecule has 166 valence electrons. The van der Waals surface area contributed by atoms with Gasteiger partial charge in [-0.1, -0.05) is 18.2 Å². The van der Waals surface area contributed by atoms with Crippen LogP contribution in [0, 0.1) is 0 Å². The van der Waals surface area contributed by atoms with Gasteiger partial charge in [-0.25, -0.2) is 4.79 Å². The van der Waals surface area contributed by atoms with Crippen LogP contribution in [0.5, 0.6) is 0 Å². The summed E-state index contributed by atoms with van der Waals surface area (Å²) in [4.78, 5) is 35.7. The first-order chi connectivity index (χ1) is 14.0. The number of benzene rings is 1. The number of para-hydroxylation sites is 1. The first-order valence-electron chi connectivity index (χ1n) is 9.67. The first-order valence-corrected chi connectivity index (χ1v) is 10.1. The Morgan fingerprint density at radius 2 is 1.77 bits per heavy atom. The summed E-state index contributed by atoms with van der Waals surface area (Å²) in [6, 6.07) is 7.73. The number of anilines is 1. The number of nitrogens with one attached hydrogen (secondary N) is 4. The number of amides is 3. The lowest BCUT2D eigenvalue weighted by Gasteiger charge is -2.21. The molecular weight excluding hydrogens is 406 g/mol. The minimum Gasteiger partial charge on any atom is -0.444 e. The molecule has 0 heterocycles. The van der Waals surface area contributed by atoms with Gasteiger partial charge in [0.2, 0.25) is 11.8 Å². The van der Waals surface area contributed by atoms with Crippen LogP contribution in [0.4, 0.5) is 10.5 Å². The molecular formula is C20H31N5O4S. The second-order valence-corrected chi connectivity index (χ2v) is 8.13. The minimum absolute atomic E-state index is 0.274. The van der Waals surface area contributed by atoms with Crippen LogP contribution in [0.25, 0.3) is 0 Å². The summed E-state index contributed by atoms with van der Waals surface area (Å²) in [7, 11) is 0. The molecule has 0 spiro atoms. The Morgan fingerprint density at radius 1 is 1.13 bits per heavy atom. The number of hydrogen-bond donors (Lipinski definition) is 5. The molecule has 0 bridgehead atoms. The molecule has 1 rings (SSSR count). The molecule has 3 amide bonds. The number of rotatable bonds is 9. The minimum atomic E-state index is -0.863. The van der Waals surface area contributed by atoms with Crippen molar-refractivity contribution in [3.63, 3.8) is 0 Å². The van der Waals surface area contributed by atoms with Gasteiger partial charge in [-0.15, -0.1) is 0 Å². The Bertz CT molecular complexity index is 736. The highest BCUT2D eigenvalue weighted by Gasteiger charge is 2.22. The van der Waals surface area contributed by atoms with E-state index in [4.69, 9.17) is 22.7 Å². The lowest BCUT2D eigenvalue weighted by molar-refractivity contribution is -0.128. The fraction of sp³-hybridized carbons (Fsp3) is 0.500. The normalized spacial score (nSPS) is 12.8. The van der Waals surface area contributed by atoms with Crippen LogP contribution in [-0.2, 0) is 14.3 Å². The lowest BCUT2D eigenvalue weighted by atomic mass is 10.1. The number of hydrogen-bond acceptors (Lipinski definition) is 5. The van der Waals surface area contributed by atoms with E-state index < -0.39 is 35.6 Å². The maximum atomic E-state index is 12.4. The number of ether oxygens (including phenoxy) is 1. The number of primary amides is 1. The predicted molar refractivity (Wildman–Crippen MR) is 120 cm³/mol. The molecule has 0 aliphatic heterocycles. The number of alkyl carbamates (subject to hydrolysis) is 1. The van der Waals surface area contributed by atoms with Crippen molar-refractivity contribution in [1.82, 2.24) is 16.0 Å². The molecule has 0 radical (unpaired) electrons. The first kappa shape index (κ1) is 25.2. The highest BCUT2D eigenvalue weighted by atomic mass is 32.1. The largest absolute Gasteiger partial charge is 0.444 e. The molecule has 1 aromatic rings. The molecule has 0 aliphatic rings. The maximum Gasteiger partial charge on any atom is 0.407 e. The average Bonchev–Trinajstić information content (AvgIpc) is 2.63. The van der Waals surface area contributed by atoms with Crippen LogP contribution < -0.4 is 27.0 Å². The number of carbonyl (C=O) groups is 3. The van der Waals surface area contributed by atoms with Gasteiger partial charge >= 0.3 is 6.09 Å². The topological polar surface area (TPSA) is 135 Å². The molecule has 0 aliphatic carbocycles. The van der Waals surface area contributed by atoms with Gasteiger partial charge in [-0.05, 0) is 64.9 Å². The average molecular weight is 438 g/mol. The van der Waals surface area contributed by atoms with Crippen LogP contribution in [0.15, 0.2) is 30.3 Å². The number of nitrogens with two attached hydrogens (primary N) is 1. The molecule has 2 atom stereocenters. The van der Waals surface area contributed by atoms with E-state index in [0.717, 1.165) is 5.69 Å². The molecule has 0 saturated heterocycles. The van der Waals surface area contributed by atoms with Gasteiger partial charge in [0.25, 0.3) is 0 Å². The molecule has 10 heteroatoms. The summed E-state index contributed by atoms with van der Waals surface area (Å²) >= 11 is 5.20. The van der Waals surface area contributed by atoms with Crippen LogP contribution in [-0.4, -0.2) is 47.2 Å². The third kappa shape index (κ3) is 10.6. The summed E-state index contributed by atoms with van der Waals surface area (Å²) in [5.41, 5.74) is 5.59. The lowest BCUT2D eigenvalue weighted by Crippen LogP contribution is -2.52. The molecule has 0 aromatic heterocycles. The SMILES string of the molecule is C[C@H](NC(=S)Nc1ccccc1)C(=O)N[C@@H](CCCNC(=O)OC(C)(C)C)C(N)=O. The van der Waals surface area contributed by atoms with Crippen molar-refractivity contribution in [2.45, 2.75) is 58.2 Å². The molecule has 0 saturated carbocycles. The Balaban J connectivity index is 2.41. The fourth-order valence-corrected chi connectivity index (χ4v) is 2.64. The van der Waals surface area contributed by atoms with Crippen molar-refractivity contribution in [2.75, 3.05) is 11.9 Å². The number of carbonyl (C=O) groups excluding carboxylic acids is 3. The van der Waals surface area contributed by atoms with E-state index in [2.05, 4.69) is 21.3 Å². The summed E-state index contributed by atoms with van der Waals surface area (Å²) in [5, 5.41) is 11.3. The summed E-state index contributed by atoms with van der Waals surface area (Å²) in [6.07, 6.45) is 0.165. The van der Waals surface area contributed by atoms with E-state index in [0.29, 0.717) is 6.42 Å². The summed E-state index contributed by atoms with van der Waals surface area (Å²) < 4.78 is 5.13. The smallest absolute Gasteiger partial charge is 0.407 e. The summed E-state index contributed by atoms with van der Waals surface area (Å²) in [5.74, 6) is -1.08. The Kier molecular flexibility index (Phi) is 10.0. The van der Waals surface area contributed by atoms with Crippen molar-refractivity contribution in [3.8, 4) is 0 Å². The Hall–Kier alpha value is -2.88. The Morgan fingerprint density at radius 3 is 2.33 bits per heavy atom. The van der Waals surface area contributed by atoms with Crippen molar-refractivity contribution in [3.05, 3.63) is 30.3 Å².